The molecule has 6 rings (SSSR count). The van der Waals surface area contributed by atoms with E-state index in [2.05, 4.69) is 20.3 Å². The molecule has 9 heteroatoms. The highest BCUT2D eigenvalue weighted by molar-refractivity contribution is 6.08. The van der Waals surface area contributed by atoms with Gasteiger partial charge in [-0.3, -0.25) is 9.59 Å². The van der Waals surface area contributed by atoms with Gasteiger partial charge in [-0.2, -0.15) is 0 Å². The summed E-state index contributed by atoms with van der Waals surface area (Å²) in [5.41, 5.74) is 4.05. The number of oxazole rings is 1. The first kappa shape index (κ1) is 21.8. The molecule has 3 heterocycles. The highest BCUT2D eigenvalue weighted by atomic mass is 16.5. The topological polar surface area (TPSA) is 113 Å². The fraction of sp³-hybridized carbons (Fsp3) is 0.385. The van der Waals surface area contributed by atoms with E-state index in [4.69, 9.17) is 9.15 Å². The Morgan fingerprint density at radius 2 is 2.03 bits per heavy atom. The number of fused-ring (bicyclic) bond motifs is 2. The molecule has 2 N–H and O–H groups in total. The number of aromatic nitrogens is 3. The van der Waals surface area contributed by atoms with Crippen LogP contribution in [0.5, 0.6) is 0 Å². The van der Waals surface area contributed by atoms with Crippen molar-refractivity contribution in [1.82, 2.24) is 25.2 Å². The second-order valence-corrected chi connectivity index (χ2v) is 9.36. The normalized spacial score (nSPS) is 22.1. The quantitative estimate of drug-likeness (QED) is 0.457. The number of amides is 2. The van der Waals surface area contributed by atoms with Crippen molar-refractivity contribution in [3.8, 4) is 11.5 Å². The average Bonchev–Trinajstić information content (AvgIpc) is 3.68. The molecule has 0 spiro atoms. The molecule has 2 aromatic heterocycles. The molecule has 2 fully saturated rings. The minimum absolute atomic E-state index is 0.0314. The SMILES string of the molecule is CN(C(=O)c1ccc(-c2nc3ccccc3o2)c2nc[nH]c12)[C@@H]1CC[C@H](NC(=O)C2CCCO2)C1. The number of imidazole rings is 1. The Balaban J connectivity index is 1.20. The number of nitrogens with one attached hydrogen (secondary N) is 2. The van der Waals surface area contributed by atoms with Crippen molar-refractivity contribution in [1.29, 1.82) is 0 Å². The largest absolute Gasteiger partial charge is 0.436 e. The van der Waals surface area contributed by atoms with Crippen LogP contribution in [0.3, 0.4) is 0 Å². The first-order chi connectivity index (χ1) is 17.1. The van der Waals surface area contributed by atoms with E-state index in [0.717, 1.165) is 43.2 Å². The number of carbonyl (C=O) groups excluding carboxylic acids is 2. The van der Waals surface area contributed by atoms with Gasteiger partial charge in [-0.25, -0.2) is 9.97 Å². The highest BCUT2D eigenvalue weighted by Crippen LogP contribution is 2.32. The van der Waals surface area contributed by atoms with Gasteiger partial charge in [-0.1, -0.05) is 12.1 Å². The van der Waals surface area contributed by atoms with Crippen molar-refractivity contribution >= 4 is 33.9 Å². The van der Waals surface area contributed by atoms with Gasteiger partial charge in [0, 0.05) is 25.7 Å². The molecule has 2 aromatic carbocycles. The Kier molecular flexibility index (Phi) is 5.49. The lowest BCUT2D eigenvalue weighted by Gasteiger charge is -2.25. The molecule has 0 radical (unpaired) electrons. The van der Waals surface area contributed by atoms with Crippen LogP contribution in [-0.4, -0.2) is 63.5 Å². The van der Waals surface area contributed by atoms with Crippen molar-refractivity contribution in [3.63, 3.8) is 0 Å². The maximum atomic E-state index is 13.5. The summed E-state index contributed by atoms with van der Waals surface area (Å²) < 4.78 is 11.4. The number of ether oxygens (including phenoxy) is 1. The van der Waals surface area contributed by atoms with Crippen molar-refractivity contribution in [3.05, 3.63) is 48.3 Å². The summed E-state index contributed by atoms with van der Waals surface area (Å²) in [6, 6.07) is 11.3. The fourth-order valence-corrected chi connectivity index (χ4v) is 5.25. The van der Waals surface area contributed by atoms with Crippen LogP contribution < -0.4 is 5.32 Å². The predicted octanol–water partition coefficient (Wildman–Crippen LogP) is 3.66. The van der Waals surface area contributed by atoms with Crippen LogP contribution in [0.15, 0.2) is 47.1 Å². The Hall–Kier alpha value is -3.72. The van der Waals surface area contributed by atoms with Gasteiger partial charge in [0.2, 0.25) is 11.8 Å². The number of H-pyrrole nitrogens is 1. The molecule has 35 heavy (non-hydrogen) atoms. The first-order valence-corrected chi connectivity index (χ1v) is 12.1. The summed E-state index contributed by atoms with van der Waals surface area (Å²) in [6.45, 7) is 0.649. The van der Waals surface area contributed by atoms with Crippen molar-refractivity contribution in [2.24, 2.45) is 0 Å². The minimum atomic E-state index is -0.332. The van der Waals surface area contributed by atoms with Crippen LogP contribution in [0.2, 0.25) is 0 Å². The molecule has 2 aliphatic rings. The van der Waals surface area contributed by atoms with Crippen LogP contribution in [0.1, 0.15) is 42.5 Å². The summed E-state index contributed by atoms with van der Waals surface area (Å²) in [5.74, 6) is 0.354. The third-order valence-electron chi connectivity index (χ3n) is 7.18. The lowest BCUT2D eigenvalue weighted by Crippen LogP contribution is -2.42. The third-order valence-corrected chi connectivity index (χ3v) is 7.18. The average molecular weight is 474 g/mol. The van der Waals surface area contributed by atoms with Crippen LogP contribution in [0.4, 0.5) is 0 Å². The number of hydrogen-bond acceptors (Lipinski definition) is 6. The molecular weight excluding hydrogens is 446 g/mol. The van der Waals surface area contributed by atoms with Crippen LogP contribution in [-0.2, 0) is 9.53 Å². The number of benzene rings is 2. The zero-order valence-electron chi connectivity index (χ0n) is 19.5. The van der Waals surface area contributed by atoms with Gasteiger partial charge >= 0.3 is 0 Å². The lowest BCUT2D eigenvalue weighted by atomic mass is 10.1. The number of hydrogen-bond donors (Lipinski definition) is 2. The standard InChI is InChI=1S/C26H27N5O4/c1-31(16-9-8-15(13-16)29-24(32)21-7-4-12-34-21)26(33)18-11-10-17(22-23(18)28-14-27-22)25-30-19-5-2-3-6-20(19)35-25/h2-3,5-6,10-11,14-16,21H,4,7-9,12-13H2,1H3,(H,27,28)(H,29,32)/t15-,16+,21?/m0/s1. The molecule has 4 aromatic rings. The third kappa shape index (κ3) is 3.95. The van der Waals surface area contributed by atoms with E-state index in [-0.39, 0.29) is 30.0 Å². The molecule has 1 unspecified atom stereocenters. The van der Waals surface area contributed by atoms with Gasteiger partial charge in [0.05, 0.1) is 23.0 Å². The minimum Gasteiger partial charge on any atom is -0.436 e. The van der Waals surface area contributed by atoms with E-state index in [1.54, 1.807) is 17.3 Å². The number of nitrogens with zero attached hydrogens (tertiary/aromatic N) is 3. The van der Waals surface area contributed by atoms with Crippen LogP contribution >= 0.6 is 0 Å². The monoisotopic (exact) mass is 473 g/mol. The van der Waals surface area contributed by atoms with Gasteiger partial charge in [-0.15, -0.1) is 0 Å². The Bertz CT molecular complexity index is 1370. The van der Waals surface area contributed by atoms with Gasteiger partial charge in [0.25, 0.3) is 5.91 Å². The van der Waals surface area contributed by atoms with Crippen molar-refractivity contribution < 1.29 is 18.7 Å². The lowest BCUT2D eigenvalue weighted by molar-refractivity contribution is -0.130. The second-order valence-electron chi connectivity index (χ2n) is 9.36. The molecule has 1 aliphatic heterocycles. The van der Waals surface area contributed by atoms with Crippen LogP contribution in [0.25, 0.3) is 33.6 Å². The van der Waals surface area contributed by atoms with E-state index < -0.39 is 0 Å². The van der Waals surface area contributed by atoms with Gasteiger partial charge in [0.1, 0.15) is 17.1 Å². The number of para-hydroxylation sites is 2. The molecular formula is C26H27N5O4. The number of carbonyl (C=O) groups is 2. The molecule has 2 amide bonds. The smallest absolute Gasteiger partial charge is 0.256 e. The molecule has 1 saturated carbocycles. The predicted molar refractivity (Wildman–Crippen MR) is 130 cm³/mol. The van der Waals surface area contributed by atoms with E-state index in [0.29, 0.717) is 34.7 Å². The van der Waals surface area contributed by atoms with Gasteiger partial charge in [0.15, 0.2) is 5.58 Å². The molecule has 3 atom stereocenters. The summed E-state index contributed by atoms with van der Waals surface area (Å²) in [6.07, 6.45) is 5.37. The van der Waals surface area contributed by atoms with Gasteiger partial charge < -0.3 is 24.4 Å². The molecule has 1 aliphatic carbocycles. The zero-order chi connectivity index (χ0) is 23.9. The van der Waals surface area contributed by atoms with E-state index in [1.807, 2.05) is 37.4 Å². The Morgan fingerprint density at radius 3 is 2.86 bits per heavy atom. The summed E-state index contributed by atoms with van der Waals surface area (Å²) in [7, 11) is 1.83. The second kappa shape index (κ2) is 8.81. The molecule has 180 valence electrons. The fourth-order valence-electron chi connectivity index (χ4n) is 5.25. The summed E-state index contributed by atoms with van der Waals surface area (Å²) in [4.78, 5) is 39.9. The van der Waals surface area contributed by atoms with Crippen molar-refractivity contribution in [2.45, 2.75) is 50.3 Å². The first-order valence-electron chi connectivity index (χ1n) is 12.1. The van der Waals surface area contributed by atoms with Crippen LogP contribution in [0, 0.1) is 0 Å². The maximum absolute atomic E-state index is 13.5. The van der Waals surface area contributed by atoms with E-state index in [1.165, 1.54) is 0 Å². The molecule has 1 saturated heterocycles. The summed E-state index contributed by atoms with van der Waals surface area (Å²) >= 11 is 0. The van der Waals surface area contributed by atoms with E-state index >= 15 is 0 Å². The Morgan fingerprint density at radius 1 is 1.14 bits per heavy atom. The Labute approximate surface area is 201 Å². The maximum Gasteiger partial charge on any atom is 0.256 e. The van der Waals surface area contributed by atoms with E-state index in [9.17, 15) is 9.59 Å². The number of rotatable bonds is 5. The highest BCUT2D eigenvalue weighted by Gasteiger charge is 2.34. The molecule has 9 nitrogen and oxygen atoms in total. The zero-order valence-corrected chi connectivity index (χ0v) is 19.5. The number of aromatic amines is 1. The van der Waals surface area contributed by atoms with Gasteiger partial charge in [-0.05, 0) is 56.4 Å². The molecule has 0 bridgehead atoms. The summed E-state index contributed by atoms with van der Waals surface area (Å²) in [5, 5.41) is 3.11. The van der Waals surface area contributed by atoms with Crippen molar-refractivity contribution in [2.75, 3.05) is 13.7 Å².